The molecule has 9 nitrogen and oxygen atoms in total. The van der Waals surface area contributed by atoms with Gasteiger partial charge in [0, 0.05) is 42.7 Å². The molecule has 272 valence electrons. The Morgan fingerprint density at radius 3 is 2.13 bits per heavy atom. The van der Waals surface area contributed by atoms with Gasteiger partial charge in [-0.05, 0) is 123 Å². The lowest BCUT2D eigenvalue weighted by molar-refractivity contribution is -0.384. The van der Waals surface area contributed by atoms with Crippen molar-refractivity contribution in [2.45, 2.75) is 38.2 Å². The van der Waals surface area contributed by atoms with E-state index in [1.54, 1.807) is 12.1 Å². The minimum Gasteiger partial charge on any atom is -0.490 e. The Kier molecular flexibility index (Phi) is 10.2. The summed E-state index contributed by atoms with van der Waals surface area (Å²) in [5.74, 6) is 1.30. The number of hydrogen-bond donors (Lipinski definition) is 1. The van der Waals surface area contributed by atoms with E-state index in [-0.39, 0.29) is 30.0 Å². The summed E-state index contributed by atoms with van der Waals surface area (Å²) in [4.78, 5) is 32.1. The molecule has 8 rings (SSSR count). The zero-order chi connectivity index (χ0) is 37.2. The molecule has 0 unspecified atom stereocenters. The third-order valence-corrected chi connectivity index (χ3v) is 11.5. The monoisotopic (exact) mass is 800 g/mol. The van der Waals surface area contributed by atoms with Crippen molar-refractivity contribution < 1.29 is 19.2 Å². The number of carbonyl (C=O) groups is 1. The molecule has 54 heavy (non-hydrogen) atoms. The zero-order valence-corrected chi connectivity index (χ0v) is 31.9. The topological polar surface area (TPSA) is 106 Å². The Labute approximate surface area is 326 Å². The van der Waals surface area contributed by atoms with Crippen molar-refractivity contribution in [2.24, 2.45) is 4.99 Å². The number of amides is 1. The van der Waals surface area contributed by atoms with E-state index in [9.17, 15) is 14.9 Å². The SMILES string of the molecule is CCOc1cc(/C=C2\SC(=Nc3cc4c5c(c3)[C@@H](c3ccccc3)CCN5CC[C@@H]4c3ccccc3)NC2=O)cc(Br)c1OCc1ccc([N+](=O)[O-])cc1. The number of carbonyl (C=O) groups excluding carboxylic acids is 1. The molecular formula is C43H37BrN4O5S. The molecule has 5 aromatic carbocycles. The number of non-ortho nitro benzene ring substituents is 1. The molecule has 5 aromatic rings. The summed E-state index contributed by atoms with van der Waals surface area (Å²) in [6.07, 6.45) is 3.89. The summed E-state index contributed by atoms with van der Waals surface area (Å²) in [6.45, 7) is 4.52. The highest BCUT2D eigenvalue weighted by molar-refractivity contribution is 9.10. The fourth-order valence-electron chi connectivity index (χ4n) is 7.60. The van der Waals surface area contributed by atoms with Crippen molar-refractivity contribution in [3.8, 4) is 11.5 Å². The Balaban J connectivity index is 1.09. The van der Waals surface area contributed by atoms with E-state index in [1.807, 2.05) is 25.1 Å². The fourth-order valence-corrected chi connectivity index (χ4v) is 9.01. The number of thioether (sulfide) groups is 1. The lowest BCUT2D eigenvalue weighted by Crippen LogP contribution is -2.37. The first-order valence-corrected chi connectivity index (χ1v) is 19.6. The number of nitrogens with zero attached hydrogens (tertiary/aromatic N) is 3. The number of nitro benzene ring substituents is 1. The highest BCUT2D eigenvalue weighted by Crippen LogP contribution is 2.50. The van der Waals surface area contributed by atoms with Crippen LogP contribution in [-0.4, -0.2) is 35.7 Å². The van der Waals surface area contributed by atoms with E-state index in [0.717, 1.165) is 42.7 Å². The van der Waals surface area contributed by atoms with Crippen molar-refractivity contribution in [3.05, 3.63) is 162 Å². The molecule has 0 radical (unpaired) electrons. The Bertz CT molecular complexity index is 2210. The van der Waals surface area contributed by atoms with Gasteiger partial charge in [0.05, 0.1) is 26.6 Å². The number of ether oxygens (including phenoxy) is 2. The molecule has 0 spiro atoms. The smallest absolute Gasteiger partial charge is 0.269 e. The number of aliphatic imine (C=N–C) groups is 1. The number of rotatable bonds is 10. The van der Waals surface area contributed by atoms with Crippen molar-refractivity contribution in [1.82, 2.24) is 5.32 Å². The lowest BCUT2D eigenvalue weighted by atomic mass is 9.76. The second-order valence-electron chi connectivity index (χ2n) is 13.4. The van der Waals surface area contributed by atoms with Crippen molar-refractivity contribution in [1.29, 1.82) is 0 Å². The van der Waals surface area contributed by atoms with Crippen LogP contribution in [0.3, 0.4) is 0 Å². The van der Waals surface area contributed by atoms with Crippen LogP contribution < -0.4 is 19.7 Å². The van der Waals surface area contributed by atoms with Crippen LogP contribution >= 0.6 is 27.7 Å². The quantitative estimate of drug-likeness (QED) is 0.0852. The largest absolute Gasteiger partial charge is 0.490 e. The second-order valence-corrected chi connectivity index (χ2v) is 15.3. The number of anilines is 1. The number of benzene rings is 5. The van der Waals surface area contributed by atoms with Crippen LogP contribution in [0.2, 0.25) is 0 Å². The van der Waals surface area contributed by atoms with Crippen molar-refractivity contribution in [2.75, 3.05) is 24.6 Å². The average molecular weight is 802 g/mol. The molecule has 3 heterocycles. The summed E-state index contributed by atoms with van der Waals surface area (Å²) in [7, 11) is 0. The van der Waals surface area contributed by atoms with Crippen LogP contribution in [-0.2, 0) is 11.4 Å². The van der Waals surface area contributed by atoms with Gasteiger partial charge in [0.25, 0.3) is 11.6 Å². The van der Waals surface area contributed by atoms with Crippen LogP contribution in [0.25, 0.3) is 6.08 Å². The molecule has 1 amide bonds. The predicted molar refractivity (Wildman–Crippen MR) is 218 cm³/mol. The highest BCUT2D eigenvalue weighted by atomic mass is 79.9. The first-order chi connectivity index (χ1) is 26.3. The number of halogens is 1. The third-order valence-electron chi connectivity index (χ3n) is 10.0. The van der Waals surface area contributed by atoms with Crippen LogP contribution in [0.1, 0.15) is 65.0 Å². The second kappa shape index (κ2) is 15.5. The Morgan fingerprint density at radius 2 is 1.54 bits per heavy atom. The maximum absolute atomic E-state index is 13.4. The van der Waals surface area contributed by atoms with Gasteiger partial charge in [-0.25, -0.2) is 4.99 Å². The van der Waals surface area contributed by atoms with E-state index >= 15 is 0 Å². The molecule has 3 aliphatic heterocycles. The molecular weight excluding hydrogens is 764 g/mol. The number of hydrogen-bond acceptors (Lipinski definition) is 8. The van der Waals surface area contributed by atoms with Gasteiger partial charge in [0.1, 0.15) is 6.61 Å². The van der Waals surface area contributed by atoms with Gasteiger partial charge in [-0.15, -0.1) is 0 Å². The molecule has 3 aliphatic rings. The molecule has 2 atom stereocenters. The van der Waals surface area contributed by atoms with E-state index < -0.39 is 4.92 Å². The maximum atomic E-state index is 13.4. The lowest BCUT2D eigenvalue weighted by Gasteiger charge is -2.43. The van der Waals surface area contributed by atoms with E-state index in [1.165, 1.54) is 51.8 Å². The summed E-state index contributed by atoms with van der Waals surface area (Å²) in [6, 6.07) is 35.9. The van der Waals surface area contributed by atoms with Crippen LogP contribution in [0.5, 0.6) is 11.5 Å². The number of nitro groups is 1. The van der Waals surface area contributed by atoms with Gasteiger partial charge >= 0.3 is 0 Å². The molecule has 11 heteroatoms. The number of amidine groups is 1. The van der Waals surface area contributed by atoms with E-state index in [4.69, 9.17) is 14.5 Å². The van der Waals surface area contributed by atoms with Gasteiger partial charge in [-0.1, -0.05) is 60.7 Å². The third kappa shape index (κ3) is 7.38. The van der Waals surface area contributed by atoms with Gasteiger partial charge in [0.15, 0.2) is 16.7 Å². The molecule has 1 saturated heterocycles. The molecule has 1 N–H and O–H groups in total. The maximum Gasteiger partial charge on any atom is 0.269 e. The fraction of sp³-hybridized carbons (Fsp3) is 0.209. The van der Waals surface area contributed by atoms with Crippen molar-refractivity contribution >= 4 is 61.9 Å². The van der Waals surface area contributed by atoms with Crippen LogP contribution in [0, 0.1) is 10.1 Å². The Hall–Kier alpha value is -5.39. The molecule has 0 bridgehead atoms. The summed E-state index contributed by atoms with van der Waals surface area (Å²) < 4.78 is 12.7. The Morgan fingerprint density at radius 1 is 0.907 bits per heavy atom. The molecule has 0 aromatic heterocycles. The van der Waals surface area contributed by atoms with E-state index in [2.05, 4.69) is 98.9 Å². The minimum absolute atomic E-state index is 0.0199. The number of nitrogens with one attached hydrogen (secondary N) is 1. The minimum atomic E-state index is -0.432. The van der Waals surface area contributed by atoms with E-state index in [0.29, 0.717) is 32.7 Å². The van der Waals surface area contributed by atoms with Gasteiger partial charge < -0.3 is 19.7 Å². The summed E-state index contributed by atoms with van der Waals surface area (Å²) >= 11 is 4.94. The molecule has 1 fully saturated rings. The van der Waals surface area contributed by atoms with Crippen molar-refractivity contribution in [3.63, 3.8) is 0 Å². The normalized spacial score (nSPS) is 19.1. The predicted octanol–water partition coefficient (Wildman–Crippen LogP) is 10.1. The highest BCUT2D eigenvalue weighted by Gasteiger charge is 2.35. The standard InChI is InChI=1S/C43H37BrN4O5S/c1-2-52-38-22-28(21-37(44)41(38)53-26-27-13-15-32(16-14-27)48(50)51)23-39-42(49)46-43(54-39)45-31-24-35-33(29-9-5-3-6-10-29)17-19-47-20-18-34(36(25-31)40(35)47)30-11-7-4-8-12-30/h3-16,21-25,33-34H,2,17-20,26H2,1H3,(H,45,46,49)/b39-23-/t33-,34-/m1/s1. The average Bonchev–Trinajstić information content (AvgIpc) is 3.52. The molecule has 0 aliphatic carbocycles. The first kappa shape index (κ1) is 35.6. The zero-order valence-electron chi connectivity index (χ0n) is 29.5. The van der Waals surface area contributed by atoms with Crippen LogP contribution in [0.15, 0.2) is 124 Å². The molecule has 0 saturated carbocycles. The summed E-state index contributed by atoms with van der Waals surface area (Å²) in [5, 5.41) is 14.6. The van der Waals surface area contributed by atoms with Crippen LogP contribution in [0.4, 0.5) is 17.1 Å². The van der Waals surface area contributed by atoms with Gasteiger partial charge in [0.2, 0.25) is 0 Å². The first-order valence-electron chi connectivity index (χ1n) is 18.0. The van der Waals surface area contributed by atoms with Gasteiger partial charge in [-0.2, -0.15) is 0 Å². The summed E-state index contributed by atoms with van der Waals surface area (Å²) in [5.41, 5.74) is 8.90. The van der Waals surface area contributed by atoms with Gasteiger partial charge in [-0.3, -0.25) is 14.9 Å².